The molecule has 1 N–H and O–H groups in total. The molecule has 0 aliphatic heterocycles. The zero-order valence-electron chi connectivity index (χ0n) is 9.90. The van der Waals surface area contributed by atoms with Crippen molar-refractivity contribution in [3.05, 3.63) is 29.3 Å². The third kappa shape index (κ3) is 1.45. The van der Waals surface area contributed by atoms with Crippen LogP contribution < -0.4 is 0 Å². The minimum absolute atomic E-state index is 0.00616. The fraction of sp³-hybridized carbons (Fsp3) is 0.500. The number of carbonyl (C=O) groups excluding carboxylic acids is 1. The number of aromatic hydroxyl groups is 1. The van der Waals surface area contributed by atoms with E-state index in [4.69, 9.17) is 4.74 Å². The van der Waals surface area contributed by atoms with Crippen molar-refractivity contribution in [3.63, 3.8) is 0 Å². The number of ether oxygens (including phenoxy) is 1. The molecular weight excluding hydrogens is 216 g/mol. The number of phenolic OH excluding ortho intramolecular Hbond substituents is 1. The number of esters is 1. The number of fused-ring (bicyclic) bond motifs is 2. The second-order valence-corrected chi connectivity index (χ2v) is 5.13. The average molecular weight is 232 g/mol. The molecule has 1 unspecified atom stereocenters. The molecule has 2 aliphatic rings. The summed E-state index contributed by atoms with van der Waals surface area (Å²) in [6.45, 7) is 0. The lowest BCUT2D eigenvalue weighted by atomic mass is 9.78. The Morgan fingerprint density at radius 2 is 2.35 bits per heavy atom. The summed E-state index contributed by atoms with van der Waals surface area (Å²) in [5.74, 6) is 0.176. The summed E-state index contributed by atoms with van der Waals surface area (Å²) in [6.07, 6.45) is 4.07. The molecule has 1 saturated carbocycles. The Balaban J connectivity index is 2.01. The van der Waals surface area contributed by atoms with Crippen molar-refractivity contribution in [2.45, 2.75) is 31.1 Å². The van der Waals surface area contributed by atoms with Gasteiger partial charge < -0.3 is 9.84 Å². The first-order chi connectivity index (χ1) is 8.17. The van der Waals surface area contributed by atoms with Gasteiger partial charge in [0.1, 0.15) is 5.75 Å². The molecule has 0 aromatic heterocycles. The molecule has 1 fully saturated rings. The van der Waals surface area contributed by atoms with Gasteiger partial charge >= 0.3 is 5.97 Å². The van der Waals surface area contributed by atoms with Crippen LogP contribution in [0.2, 0.25) is 0 Å². The molecule has 3 rings (SSSR count). The van der Waals surface area contributed by atoms with Crippen molar-refractivity contribution in [1.29, 1.82) is 0 Å². The minimum atomic E-state index is -0.110. The van der Waals surface area contributed by atoms with E-state index in [-0.39, 0.29) is 17.3 Å². The van der Waals surface area contributed by atoms with Gasteiger partial charge in [0.2, 0.25) is 0 Å². The summed E-state index contributed by atoms with van der Waals surface area (Å²) >= 11 is 0. The largest absolute Gasteiger partial charge is 0.508 e. The van der Waals surface area contributed by atoms with E-state index in [1.165, 1.54) is 18.2 Å². The highest BCUT2D eigenvalue weighted by molar-refractivity contribution is 5.79. The van der Waals surface area contributed by atoms with Gasteiger partial charge in [-0.1, -0.05) is 6.07 Å². The Bertz CT molecular complexity index is 480. The predicted octanol–water partition coefficient (Wildman–Crippen LogP) is 2.16. The average Bonchev–Trinajstić information content (AvgIpc) is 3.05. The molecular formula is C14H16O3. The van der Waals surface area contributed by atoms with E-state index in [1.54, 1.807) is 6.07 Å². The van der Waals surface area contributed by atoms with Crippen LogP contribution in [0, 0.1) is 5.92 Å². The van der Waals surface area contributed by atoms with Gasteiger partial charge in [0.25, 0.3) is 0 Å². The van der Waals surface area contributed by atoms with E-state index >= 15 is 0 Å². The van der Waals surface area contributed by atoms with E-state index in [1.807, 2.05) is 12.1 Å². The fourth-order valence-electron chi connectivity index (χ4n) is 3.31. The van der Waals surface area contributed by atoms with Gasteiger partial charge in [-0.15, -0.1) is 0 Å². The molecule has 0 heterocycles. The lowest BCUT2D eigenvalue weighted by Gasteiger charge is -2.26. The number of hydrogen-bond donors (Lipinski definition) is 1. The van der Waals surface area contributed by atoms with Crippen molar-refractivity contribution < 1.29 is 14.6 Å². The summed E-state index contributed by atoms with van der Waals surface area (Å²) in [4.78, 5) is 11.7. The maximum Gasteiger partial charge on any atom is 0.309 e. The van der Waals surface area contributed by atoms with E-state index < -0.39 is 0 Å². The maximum absolute atomic E-state index is 11.7. The van der Waals surface area contributed by atoms with E-state index in [9.17, 15) is 9.90 Å². The molecule has 3 nitrogen and oxygen atoms in total. The van der Waals surface area contributed by atoms with E-state index in [0.29, 0.717) is 5.75 Å². The molecule has 90 valence electrons. The third-order valence-corrected chi connectivity index (χ3v) is 4.26. The smallest absolute Gasteiger partial charge is 0.309 e. The topological polar surface area (TPSA) is 46.5 Å². The number of hydrogen-bond acceptors (Lipinski definition) is 3. The van der Waals surface area contributed by atoms with Crippen LogP contribution in [0.1, 0.15) is 30.4 Å². The van der Waals surface area contributed by atoms with Gasteiger partial charge in [-0.3, -0.25) is 4.79 Å². The lowest BCUT2D eigenvalue weighted by Crippen LogP contribution is -2.21. The van der Waals surface area contributed by atoms with E-state index in [0.717, 1.165) is 25.7 Å². The first-order valence-electron chi connectivity index (χ1n) is 6.07. The Kier molecular flexibility index (Phi) is 2.18. The summed E-state index contributed by atoms with van der Waals surface area (Å²) in [7, 11) is 1.44. The number of methoxy groups -OCH3 is 1. The number of phenols is 1. The molecule has 3 heteroatoms. The highest BCUT2D eigenvalue weighted by atomic mass is 16.5. The number of benzene rings is 1. The number of carbonyl (C=O) groups is 1. The van der Waals surface area contributed by atoms with Gasteiger partial charge in [-0.25, -0.2) is 0 Å². The number of rotatable bonds is 1. The van der Waals surface area contributed by atoms with Gasteiger partial charge in [-0.2, -0.15) is 0 Å². The van der Waals surface area contributed by atoms with Gasteiger partial charge in [0, 0.05) is 5.41 Å². The van der Waals surface area contributed by atoms with Crippen LogP contribution in [0.3, 0.4) is 0 Å². The van der Waals surface area contributed by atoms with Crippen LogP contribution in [0.5, 0.6) is 5.75 Å². The van der Waals surface area contributed by atoms with Gasteiger partial charge in [0.05, 0.1) is 13.0 Å². The normalized spacial score (nSPS) is 29.8. The Morgan fingerprint density at radius 1 is 1.53 bits per heavy atom. The molecule has 1 aromatic rings. The van der Waals surface area contributed by atoms with Crippen molar-refractivity contribution in [1.82, 2.24) is 0 Å². The van der Waals surface area contributed by atoms with Crippen molar-refractivity contribution in [3.8, 4) is 5.75 Å². The summed E-state index contributed by atoms with van der Waals surface area (Å²) < 4.78 is 4.85. The van der Waals surface area contributed by atoms with Crippen molar-refractivity contribution in [2.75, 3.05) is 7.11 Å². The molecule has 1 aromatic carbocycles. The van der Waals surface area contributed by atoms with Crippen LogP contribution in [-0.2, 0) is 21.4 Å². The molecule has 17 heavy (non-hydrogen) atoms. The zero-order chi connectivity index (χ0) is 12.0. The number of aryl methyl sites for hydroxylation is 1. The minimum Gasteiger partial charge on any atom is -0.508 e. The summed E-state index contributed by atoms with van der Waals surface area (Å²) in [6, 6.07) is 5.54. The molecule has 2 atom stereocenters. The van der Waals surface area contributed by atoms with Gasteiger partial charge in [-0.05, 0) is 48.9 Å². The van der Waals surface area contributed by atoms with Crippen LogP contribution in [0.15, 0.2) is 18.2 Å². The van der Waals surface area contributed by atoms with Crippen LogP contribution in [-0.4, -0.2) is 18.2 Å². The first kappa shape index (κ1) is 10.6. The molecule has 0 saturated heterocycles. The highest BCUT2D eigenvalue weighted by Crippen LogP contribution is 2.61. The van der Waals surface area contributed by atoms with Crippen LogP contribution >= 0.6 is 0 Å². The van der Waals surface area contributed by atoms with Crippen molar-refractivity contribution >= 4 is 5.97 Å². The Morgan fingerprint density at radius 3 is 3.12 bits per heavy atom. The predicted molar refractivity (Wildman–Crippen MR) is 62.8 cm³/mol. The molecule has 2 aliphatic carbocycles. The zero-order valence-corrected chi connectivity index (χ0v) is 9.90. The molecule has 0 bridgehead atoms. The third-order valence-electron chi connectivity index (χ3n) is 4.26. The SMILES string of the molecule is COC(=O)C1C[C@]12CCCc1ccc(O)cc12. The maximum atomic E-state index is 11.7. The second-order valence-electron chi connectivity index (χ2n) is 5.13. The molecule has 1 spiro atoms. The van der Waals surface area contributed by atoms with Crippen LogP contribution in [0.25, 0.3) is 0 Å². The van der Waals surface area contributed by atoms with Crippen molar-refractivity contribution in [2.24, 2.45) is 5.92 Å². The highest BCUT2D eigenvalue weighted by Gasteiger charge is 2.60. The van der Waals surface area contributed by atoms with Crippen LogP contribution in [0.4, 0.5) is 0 Å². The molecule has 0 amide bonds. The quantitative estimate of drug-likeness (QED) is 0.755. The fourth-order valence-corrected chi connectivity index (χ4v) is 3.31. The molecule has 0 radical (unpaired) electrons. The monoisotopic (exact) mass is 232 g/mol. The van der Waals surface area contributed by atoms with Gasteiger partial charge in [0.15, 0.2) is 0 Å². The Hall–Kier alpha value is -1.51. The summed E-state index contributed by atoms with van der Waals surface area (Å²) in [5, 5.41) is 9.61. The lowest BCUT2D eigenvalue weighted by molar-refractivity contribution is -0.142. The summed E-state index contributed by atoms with van der Waals surface area (Å²) in [5.41, 5.74) is 2.40. The first-order valence-corrected chi connectivity index (χ1v) is 6.07. The standard InChI is InChI=1S/C14H16O3/c1-17-13(16)12-8-14(12)6-2-3-9-4-5-10(15)7-11(9)14/h4-5,7,12,15H,2-3,6,8H2,1H3/t12?,14-/m0/s1. The second kappa shape index (κ2) is 3.49. The van der Waals surface area contributed by atoms with E-state index in [2.05, 4.69) is 0 Å². The Labute approximate surface area is 100 Å².